The second-order valence-corrected chi connectivity index (χ2v) is 4.98. The highest BCUT2D eigenvalue weighted by Gasteiger charge is 2.18. The van der Waals surface area contributed by atoms with Gasteiger partial charge in [-0.25, -0.2) is 0 Å². The van der Waals surface area contributed by atoms with Gasteiger partial charge in [0.25, 0.3) is 0 Å². The van der Waals surface area contributed by atoms with E-state index in [2.05, 4.69) is 16.0 Å². The Morgan fingerprint density at radius 1 is 1.15 bits per heavy atom. The van der Waals surface area contributed by atoms with Gasteiger partial charge in [-0.05, 0) is 30.0 Å². The molecule has 3 rings (SSSR count). The first-order chi connectivity index (χ1) is 9.63. The van der Waals surface area contributed by atoms with Crippen molar-refractivity contribution in [2.75, 3.05) is 5.73 Å². The first-order valence-electron chi connectivity index (χ1n) is 5.75. The molecule has 2 aromatic heterocycles. The predicted molar refractivity (Wildman–Crippen MR) is 82.3 cm³/mol. The van der Waals surface area contributed by atoms with E-state index in [0.717, 1.165) is 5.56 Å². The van der Waals surface area contributed by atoms with Crippen LogP contribution in [0.25, 0.3) is 16.8 Å². The Labute approximate surface area is 124 Å². The van der Waals surface area contributed by atoms with Crippen molar-refractivity contribution in [3.63, 3.8) is 0 Å². The number of rotatable bonds is 1. The third kappa shape index (κ3) is 1.74. The number of H-pyrrole nitrogens is 2. The van der Waals surface area contributed by atoms with Crippen molar-refractivity contribution < 1.29 is 0 Å². The summed E-state index contributed by atoms with van der Waals surface area (Å²) < 4.78 is 2.34. The Morgan fingerprint density at radius 3 is 2.50 bits per heavy atom. The topological polar surface area (TPSA) is 85.8 Å². The minimum Gasteiger partial charge on any atom is -0.384 e. The highest BCUT2D eigenvalue weighted by molar-refractivity contribution is 7.71. The van der Waals surface area contributed by atoms with E-state index in [0.29, 0.717) is 32.1 Å². The number of fused-ring (bicyclic) bond motifs is 1. The fraction of sp³-hybridized carbons (Fsp3) is 0. The molecule has 5 nitrogen and oxygen atoms in total. The molecule has 0 aliphatic rings. The Hall–Kier alpha value is -2.43. The zero-order valence-electron chi connectivity index (χ0n) is 10.2. The number of hydrogen-bond acceptors (Lipinski definition) is 4. The molecule has 0 atom stereocenters. The van der Waals surface area contributed by atoms with Gasteiger partial charge in [0.1, 0.15) is 23.1 Å². The average Bonchev–Trinajstić information content (AvgIpc) is 2.72. The lowest BCUT2D eigenvalue weighted by Gasteiger charge is -2.01. The van der Waals surface area contributed by atoms with E-state index in [-0.39, 0.29) is 0 Å². The molecule has 0 saturated heterocycles. The number of nitrogens with two attached hydrogens (primary N) is 1. The number of nitriles is 1. The highest BCUT2D eigenvalue weighted by Crippen LogP contribution is 2.33. The lowest BCUT2D eigenvalue weighted by atomic mass is 10.0. The fourth-order valence-electron chi connectivity index (χ4n) is 2.21. The zero-order valence-corrected chi connectivity index (χ0v) is 11.8. The van der Waals surface area contributed by atoms with Crippen molar-refractivity contribution in [3.8, 4) is 17.2 Å². The summed E-state index contributed by atoms with van der Waals surface area (Å²) in [5, 5.41) is 9.39. The second-order valence-electron chi connectivity index (χ2n) is 4.18. The van der Waals surface area contributed by atoms with Gasteiger partial charge in [-0.1, -0.05) is 30.3 Å². The van der Waals surface area contributed by atoms with Crippen LogP contribution in [0, 0.1) is 20.9 Å². The predicted octanol–water partition coefficient (Wildman–Crippen LogP) is 3.18. The quantitative estimate of drug-likeness (QED) is 0.602. The molecule has 4 N–H and O–H groups in total. The van der Waals surface area contributed by atoms with Gasteiger partial charge in [0.2, 0.25) is 0 Å². The maximum absolute atomic E-state index is 9.39. The number of aromatic nitrogens is 3. The number of nitrogen functional groups attached to an aromatic ring is 1. The monoisotopic (exact) mass is 299 g/mol. The summed E-state index contributed by atoms with van der Waals surface area (Å²) in [6.45, 7) is 0. The fourth-order valence-corrected chi connectivity index (χ4v) is 2.76. The molecule has 0 saturated carbocycles. The maximum atomic E-state index is 9.39. The largest absolute Gasteiger partial charge is 0.384 e. The molecule has 0 unspecified atom stereocenters. The van der Waals surface area contributed by atoms with Crippen molar-refractivity contribution in [1.82, 2.24) is 14.4 Å². The van der Waals surface area contributed by atoms with Crippen LogP contribution in [0.5, 0.6) is 0 Å². The van der Waals surface area contributed by atoms with Crippen LogP contribution < -0.4 is 5.73 Å². The molecule has 0 aliphatic heterocycles. The van der Waals surface area contributed by atoms with E-state index in [4.69, 9.17) is 30.2 Å². The molecule has 20 heavy (non-hydrogen) atoms. The number of nitrogens with zero attached hydrogens (tertiary/aromatic N) is 2. The van der Waals surface area contributed by atoms with E-state index in [1.807, 2.05) is 30.3 Å². The van der Waals surface area contributed by atoms with Gasteiger partial charge >= 0.3 is 0 Å². The summed E-state index contributed by atoms with van der Waals surface area (Å²) in [5.74, 6) is 0.300. The van der Waals surface area contributed by atoms with E-state index in [1.165, 1.54) is 0 Å². The van der Waals surface area contributed by atoms with Crippen LogP contribution in [0.2, 0.25) is 0 Å². The lowest BCUT2D eigenvalue weighted by Crippen LogP contribution is -1.99. The smallest absolute Gasteiger partial charge is 0.186 e. The number of hydrogen-bond donors (Lipinski definition) is 3. The van der Waals surface area contributed by atoms with Crippen LogP contribution >= 0.6 is 24.4 Å². The summed E-state index contributed by atoms with van der Waals surface area (Å²) >= 11 is 10.3. The van der Waals surface area contributed by atoms with Gasteiger partial charge in [0.05, 0.1) is 0 Å². The maximum Gasteiger partial charge on any atom is 0.186 e. The Bertz CT molecular complexity index is 957. The first-order valence-corrected chi connectivity index (χ1v) is 6.57. The number of benzene rings is 1. The van der Waals surface area contributed by atoms with Crippen molar-refractivity contribution >= 4 is 35.9 Å². The van der Waals surface area contributed by atoms with Crippen molar-refractivity contribution in [2.24, 2.45) is 0 Å². The molecule has 0 spiro atoms. The van der Waals surface area contributed by atoms with Crippen molar-refractivity contribution in [2.45, 2.75) is 0 Å². The molecule has 7 heteroatoms. The summed E-state index contributed by atoms with van der Waals surface area (Å²) in [5.41, 5.74) is 8.63. The standard InChI is InChI=1S/C13H9N5S2/c14-6-8-9(7-4-2-1-3-5-7)11-16-12(19)17-13(20)18(11)10(8)15/h1-5H,15H2,(H2,16,17,19,20). The summed E-state index contributed by atoms with van der Waals surface area (Å²) in [6, 6.07) is 11.7. The first kappa shape index (κ1) is 12.6. The molecular weight excluding hydrogens is 290 g/mol. The molecule has 2 heterocycles. The molecule has 0 fully saturated rings. The molecule has 3 aromatic rings. The number of nitrogens with one attached hydrogen (secondary N) is 2. The van der Waals surface area contributed by atoms with Gasteiger partial charge in [-0.2, -0.15) is 5.26 Å². The molecule has 0 bridgehead atoms. The van der Waals surface area contributed by atoms with Gasteiger partial charge in [-0.3, -0.25) is 4.40 Å². The average molecular weight is 299 g/mol. The van der Waals surface area contributed by atoms with E-state index in [9.17, 15) is 5.26 Å². The van der Waals surface area contributed by atoms with E-state index >= 15 is 0 Å². The highest BCUT2D eigenvalue weighted by atomic mass is 32.1. The Morgan fingerprint density at radius 2 is 1.85 bits per heavy atom. The Balaban J connectivity index is 2.58. The van der Waals surface area contributed by atoms with Crippen LogP contribution in [-0.4, -0.2) is 14.4 Å². The van der Waals surface area contributed by atoms with Gasteiger partial charge in [0, 0.05) is 5.56 Å². The molecule has 0 aliphatic carbocycles. The normalized spacial score (nSPS) is 10.6. The van der Waals surface area contributed by atoms with Crippen LogP contribution in [-0.2, 0) is 0 Å². The van der Waals surface area contributed by atoms with E-state index < -0.39 is 0 Å². The molecule has 0 amide bonds. The Kier molecular flexibility index (Phi) is 2.89. The van der Waals surface area contributed by atoms with Gasteiger partial charge in [0.15, 0.2) is 9.54 Å². The van der Waals surface area contributed by atoms with Crippen molar-refractivity contribution in [3.05, 3.63) is 45.4 Å². The molecule has 0 radical (unpaired) electrons. The molecule has 98 valence electrons. The molecular formula is C13H9N5S2. The zero-order chi connectivity index (χ0) is 14.3. The number of anilines is 1. The minimum atomic E-state index is 0.300. The van der Waals surface area contributed by atoms with Gasteiger partial charge < -0.3 is 15.7 Å². The van der Waals surface area contributed by atoms with E-state index in [1.54, 1.807) is 4.40 Å². The molecule has 1 aromatic carbocycles. The second kappa shape index (κ2) is 4.59. The summed E-state index contributed by atoms with van der Waals surface area (Å²) in [6.07, 6.45) is 0. The van der Waals surface area contributed by atoms with Crippen LogP contribution in [0.4, 0.5) is 5.82 Å². The summed E-state index contributed by atoms with van der Waals surface area (Å²) in [4.78, 5) is 5.84. The van der Waals surface area contributed by atoms with Crippen molar-refractivity contribution in [1.29, 1.82) is 5.26 Å². The minimum absolute atomic E-state index is 0.300. The van der Waals surface area contributed by atoms with Crippen LogP contribution in [0.1, 0.15) is 5.56 Å². The SMILES string of the molecule is N#Cc1c(-c2ccccc2)c2[nH]c(=S)[nH]c(=S)n2c1N. The third-order valence-corrected chi connectivity index (χ3v) is 3.53. The third-order valence-electron chi connectivity index (χ3n) is 3.04. The van der Waals surface area contributed by atoms with Crippen LogP contribution in [0.3, 0.4) is 0 Å². The lowest BCUT2D eigenvalue weighted by molar-refractivity contribution is 0.991. The number of aromatic amines is 2. The van der Waals surface area contributed by atoms with Crippen LogP contribution in [0.15, 0.2) is 30.3 Å². The van der Waals surface area contributed by atoms with Gasteiger partial charge in [-0.15, -0.1) is 0 Å². The summed E-state index contributed by atoms with van der Waals surface area (Å²) in [7, 11) is 0.